The van der Waals surface area contributed by atoms with E-state index in [0.29, 0.717) is 30.5 Å². The number of nitrogens with zero attached hydrogens (tertiary/aromatic N) is 1. The number of hydrogen-bond donors (Lipinski definition) is 0. The summed E-state index contributed by atoms with van der Waals surface area (Å²) in [7, 11) is 1.41. The van der Waals surface area contributed by atoms with E-state index < -0.39 is 0 Å². The molecule has 27 heavy (non-hydrogen) atoms. The fraction of sp³-hybridized carbons (Fsp3) is 0.286. The average molecular weight is 430 g/mol. The first-order valence-corrected chi connectivity index (χ1v) is 10.7. The summed E-state index contributed by atoms with van der Waals surface area (Å²) >= 11 is -0.0100. The van der Waals surface area contributed by atoms with Crippen LogP contribution in [-0.2, 0) is 9.53 Å². The van der Waals surface area contributed by atoms with Crippen molar-refractivity contribution in [1.82, 2.24) is 4.90 Å². The van der Waals surface area contributed by atoms with Crippen LogP contribution in [0.25, 0.3) is 0 Å². The molecule has 2 amide bonds. The number of amides is 2. The normalized spacial score (nSPS) is 14.2. The van der Waals surface area contributed by atoms with Gasteiger partial charge < -0.3 is 0 Å². The molecule has 0 saturated carbocycles. The number of esters is 1. The Hall–Kier alpha value is -2.43. The third kappa shape index (κ3) is 4.46. The van der Waals surface area contributed by atoms with Gasteiger partial charge in [-0.25, -0.2) is 0 Å². The third-order valence-electron chi connectivity index (χ3n) is 4.46. The second-order valence-corrected chi connectivity index (χ2v) is 8.92. The molecule has 5 nitrogen and oxygen atoms in total. The van der Waals surface area contributed by atoms with Gasteiger partial charge in [-0.3, -0.25) is 0 Å². The molecule has 1 aliphatic rings. The van der Waals surface area contributed by atoms with E-state index in [0.717, 1.165) is 10.9 Å². The van der Waals surface area contributed by atoms with E-state index in [9.17, 15) is 14.4 Å². The first kappa shape index (κ1) is 19.3. The molecule has 1 atom stereocenters. The van der Waals surface area contributed by atoms with Crippen LogP contribution in [0.3, 0.4) is 0 Å². The van der Waals surface area contributed by atoms with Crippen LogP contribution in [0.1, 0.15) is 40.0 Å². The van der Waals surface area contributed by atoms with Crippen LogP contribution in [0.4, 0.5) is 0 Å². The second-order valence-electron chi connectivity index (χ2n) is 6.25. The van der Waals surface area contributed by atoms with Crippen LogP contribution in [0.5, 0.6) is 0 Å². The van der Waals surface area contributed by atoms with Crippen molar-refractivity contribution in [2.75, 3.05) is 13.7 Å². The second kappa shape index (κ2) is 8.98. The van der Waals surface area contributed by atoms with Gasteiger partial charge in [-0.2, -0.15) is 0 Å². The molecule has 0 fully saturated rings. The van der Waals surface area contributed by atoms with Crippen LogP contribution in [0, 0.1) is 0 Å². The van der Waals surface area contributed by atoms with Gasteiger partial charge in [-0.05, 0) is 0 Å². The molecule has 1 unspecified atom stereocenters. The number of unbranched alkanes of at least 4 members (excludes halogenated alkanes) is 1. The number of carbonyl (C=O) groups excluding carboxylic acids is 3. The number of hydrogen-bond acceptors (Lipinski definition) is 4. The third-order valence-corrected chi connectivity index (χ3v) is 7.10. The molecule has 2 aromatic carbocycles. The fourth-order valence-corrected chi connectivity index (χ4v) is 5.41. The monoisotopic (exact) mass is 431 g/mol. The zero-order valence-corrected chi connectivity index (χ0v) is 16.8. The molecule has 0 bridgehead atoms. The van der Waals surface area contributed by atoms with Crippen molar-refractivity contribution in [2.24, 2.45) is 0 Å². The van der Waals surface area contributed by atoms with Crippen LogP contribution in [0.15, 0.2) is 54.6 Å². The van der Waals surface area contributed by atoms with E-state index in [1.807, 2.05) is 30.3 Å². The van der Waals surface area contributed by atoms with Gasteiger partial charge in [-0.1, -0.05) is 0 Å². The summed E-state index contributed by atoms with van der Waals surface area (Å²) < 4.78 is 6.10. The molecule has 0 saturated heterocycles. The molecule has 0 aromatic heterocycles. The number of ether oxygens (including phenoxy) is 1. The Morgan fingerprint density at radius 2 is 1.56 bits per heavy atom. The number of imide groups is 1. The van der Waals surface area contributed by atoms with Gasteiger partial charge in [0.1, 0.15) is 0 Å². The van der Waals surface area contributed by atoms with Crippen molar-refractivity contribution in [3.05, 3.63) is 65.7 Å². The van der Waals surface area contributed by atoms with Crippen LogP contribution in [-0.4, -0.2) is 51.3 Å². The molecule has 0 spiro atoms. The molecule has 2 aromatic rings. The molecule has 1 heterocycles. The minimum atomic E-state index is -0.228. The summed E-state index contributed by atoms with van der Waals surface area (Å²) in [6.07, 6.45) is 2.11. The zero-order valence-electron chi connectivity index (χ0n) is 15.1. The molecule has 0 radical (unpaired) electrons. The van der Waals surface area contributed by atoms with Crippen molar-refractivity contribution < 1.29 is 19.1 Å². The Kier molecular flexibility index (Phi) is 6.43. The summed E-state index contributed by atoms with van der Waals surface area (Å²) in [5.74, 6) is -0.651. The Morgan fingerprint density at radius 3 is 2.15 bits per heavy atom. The van der Waals surface area contributed by atoms with Gasteiger partial charge in [0, 0.05) is 0 Å². The molecular weight excluding hydrogens is 409 g/mol. The molecular formula is C21H21NO4Se. The summed E-state index contributed by atoms with van der Waals surface area (Å²) in [4.78, 5) is 38.0. The molecule has 0 aliphatic carbocycles. The van der Waals surface area contributed by atoms with Crippen LogP contribution in [0.2, 0.25) is 4.82 Å². The van der Waals surface area contributed by atoms with Crippen LogP contribution >= 0.6 is 0 Å². The standard InChI is InChI=1S/C21H21NO4Se/c1-26-21(25)18(27-15-9-3-2-4-10-15)13-7-8-14-22-19(23)16-11-5-6-12-17(16)20(22)24/h2-6,9-12,18H,7-8,13-14H2,1H3. The van der Waals surface area contributed by atoms with E-state index in [-0.39, 0.29) is 37.6 Å². The van der Waals surface area contributed by atoms with E-state index in [2.05, 4.69) is 0 Å². The summed E-state index contributed by atoms with van der Waals surface area (Å²) in [5.41, 5.74) is 0.949. The van der Waals surface area contributed by atoms with Gasteiger partial charge >= 0.3 is 165 Å². The minimum absolute atomic E-state index is 0.0100. The summed E-state index contributed by atoms with van der Waals surface area (Å²) in [6, 6.07) is 16.8. The van der Waals surface area contributed by atoms with Crippen LogP contribution < -0.4 is 4.46 Å². The van der Waals surface area contributed by atoms with Gasteiger partial charge in [0.2, 0.25) is 0 Å². The van der Waals surface area contributed by atoms with E-state index in [4.69, 9.17) is 4.74 Å². The number of methoxy groups -OCH3 is 1. The topological polar surface area (TPSA) is 63.7 Å². The number of fused-ring (bicyclic) bond motifs is 1. The van der Waals surface area contributed by atoms with Gasteiger partial charge in [0.25, 0.3) is 0 Å². The number of rotatable bonds is 8. The molecule has 6 heteroatoms. The quantitative estimate of drug-likeness (QED) is 0.279. The maximum atomic E-state index is 12.4. The van der Waals surface area contributed by atoms with Crippen molar-refractivity contribution in [3.8, 4) is 0 Å². The summed E-state index contributed by atoms with van der Waals surface area (Å²) in [6.45, 7) is 0.374. The fourth-order valence-electron chi connectivity index (χ4n) is 3.06. The molecule has 140 valence electrons. The van der Waals surface area contributed by atoms with Gasteiger partial charge in [0.15, 0.2) is 0 Å². The Bertz CT molecular complexity index is 802. The van der Waals surface area contributed by atoms with E-state index in [1.165, 1.54) is 12.0 Å². The number of carbonyl (C=O) groups is 3. The molecule has 0 N–H and O–H groups in total. The van der Waals surface area contributed by atoms with E-state index in [1.54, 1.807) is 24.3 Å². The predicted octanol–water partition coefficient (Wildman–Crippen LogP) is 2.44. The number of benzene rings is 2. The van der Waals surface area contributed by atoms with Crippen molar-refractivity contribution >= 4 is 37.2 Å². The molecule has 3 rings (SSSR count). The SMILES string of the molecule is COC(=O)C(CCCCN1C(=O)c2ccccc2C1=O)[Se]c1ccccc1. The van der Waals surface area contributed by atoms with E-state index >= 15 is 0 Å². The van der Waals surface area contributed by atoms with Crippen molar-refractivity contribution in [1.29, 1.82) is 0 Å². The first-order valence-electron chi connectivity index (χ1n) is 8.86. The Balaban J connectivity index is 1.53. The summed E-state index contributed by atoms with van der Waals surface area (Å²) in [5, 5.41) is 0. The maximum absolute atomic E-state index is 12.4. The van der Waals surface area contributed by atoms with Gasteiger partial charge in [-0.15, -0.1) is 0 Å². The predicted molar refractivity (Wildman–Crippen MR) is 103 cm³/mol. The Labute approximate surface area is 164 Å². The molecule has 1 aliphatic heterocycles. The first-order chi connectivity index (χ1) is 13.1. The van der Waals surface area contributed by atoms with Gasteiger partial charge in [0.05, 0.1) is 0 Å². The van der Waals surface area contributed by atoms with Crippen molar-refractivity contribution in [3.63, 3.8) is 0 Å². The van der Waals surface area contributed by atoms with Crippen molar-refractivity contribution in [2.45, 2.75) is 24.1 Å². The average Bonchev–Trinajstić information content (AvgIpc) is 2.95. The Morgan fingerprint density at radius 1 is 0.963 bits per heavy atom. The zero-order chi connectivity index (χ0) is 19.2.